The van der Waals surface area contributed by atoms with Crippen molar-refractivity contribution in [2.45, 2.75) is 19.3 Å². The van der Waals surface area contributed by atoms with Crippen LogP contribution in [0.25, 0.3) is 0 Å². The van der Waals surface area contributed by atoms with Gasteiger partial charge in [0.05, 0.1) is 22.2 Å². The zero-order chi connectivity index (χ0) is 18.4. The number of amides is 1. The highest BCUT2D eigenvalue weighted by atomic mass is 35.5. The fourth-order valence-electron chi connectivity index (χ4n) is 2.19. The minimum atomic E-state index is -0.535. The summed E-state index contributed by atoms with van der Waals surface area (Å²) < 4.78 is 5.01. The fraction of sp³-hybridized carbons (Fsp3) is 0.222. The Morgan fingerprint density at radius 3 is 2.28 bits per heavy atom. The van der Waals surface area contributed by atoms with Crippen LogP contribution in [0.15, 0.2) is 42.5 Å². The van der Waals surface area contributed by atoms with Gasteiger partial charge in [-0.1, -0.05) is 72.1 Å². The monoisotopic (exact) mass is 399 g/mol. The van der Waals surface area contributed by atoms with Crippen LogP contribution >= 0.6 is 34.8 Å². The van der Waals surface area contributed by atoms with Crippen molar-refractivity contribution in [1.29, 1.82) is 0 Å². The summed E-state index contributed by atoms with van der Waals surface area (Å²) in [6.45, 7) is 1.50. The highest BCUT2D eigenvalue weighted by molar-refractivity contribution is 6.42. The normalized spacial score (nSPS) is 11.7. The third-order valence-electron chi connectivity index (χ3n) is 3.48. The fourth-order valence-corrected chi connectivity index (χ4v) is 3.10. The van der Waals surface area contributed by atoms with Crippen LogP contribution in [0, 0.1) is 0 Å². The first-order chi connectivity index (χ1) is 11.9. The molecule has 1 amide bonds. The molecule has 0 heterocycles. The molecule has 0 radical (unpaired) electrons. The van der Waals surface area contributed by atoms with Crippen molar-refractivity contribution >= 4 is 52.4 Å². The summed E-state index contributed by atoms with van der Waals surface area (Å²) in [6.07, 6.45) is 0.180. The Hall–Kier alpha value is -1.75. The molecule has 2 aromatic carbocycles. The molecule has 0 spiro atoms. The highest BCUT2D eigenvalue weighted by Gasteiger charge is 2.15. The Kier molecular flexibility index (Phi) is 7.12. The molecule has 0 aromatic heterocycles. The van der Waals surface area contributed by atoms with E-state index in [0.29, 0.717) is 5.02 Å². The first-order valence-electron chi connectivity index (χ1n) is 7.51. The predicted octanol–water partition coefficient (Wildman–Crippen LogP) is 5.32. The van der Waals surface area contributed by atoms with Crippen molar-refractivity contribution in [3.8, 4) is 0 Å². The molecule has 0 saturated carbocycles. The van der Waals surface area contributed by atoms with Crippen molar-refractivity contribution in [2.24, 2.45) is 0 Å². The van der Waals surface area contributed by atoms with Gasteiger partial charge in [-0.3, -0.25) is 9.59 Å². The lowest BCUT2D eigenvalue weighted by atomic mass is 9.98. The van der Waals surface area contributed by atoms with E-state index in [9.17, 15) is 9.59 Å². The molecule has 0 aliphatic rings. The topological polar surface area (TPSA) is 55.4 Å². The lowest BCUT2D eigenvalue weighted by Gasteiger charge is -2.12. The summed E-state index contributed by atoms with van der Waals surface area (Å²) in [5, 5.41) is 3.27. The zero-order valence-corrected chi connectivity index (χ0v) is 15.7. The first-order valence-corrected chi connectivity index (χ1v) is 8.65. The predicted molar refractivity (Wildman–Crippen MR) is 101 cm³/mol. The molecule has 2 aromatic rings. The molecule has 25 heavy (non-hydrogen) atoms. The molecule has 2 rings (SSSR count). The van der Waals surface area contributed by atoms with Gasteiger partial charge in [-0.2, -0.15) is 0 Å². The summed E-state index contributed by atoms with van der Waals surface area (Å²) in [5.41, 5.74) is 1.26. The van der Waals surface area contributed by atoms with Gasteiger partial charge in [-0.05, 0) is 23.6 Å². The second-order valence-electron chi connectivity index (χ2n) is 5.47. The number of benzene rings is 2. The number of anilines is 1. The van der Waals surface area contributed by atoms with E-state index in [1.54, 1.807) is 0 Å². The van der Waals surface area contributed by atoms with Crippen LogP contribution in [0.2, 0.25) is 15.1 Å². The average Bonchev–Trinajstić information content (AvgIpc) is 2.57. The van der Waals surface area contributed by atoms with Gasteiger partial charge >= 0.3 is 5.97 Å². The van der Waals surface area contributed by atoms with E-state index in [-0.39, 0.29) is 28.1 Å². The summed E-state index contributed by atoms with van der Waals surface area (Å²) >= 11 is 17.8. The van der Waals surface area contributed by atoms with Gasteiger partial charge in [0.2, 0.25) is 0 Å². The molecule has 1 N–H and O–H groups in total. The van der Waals surface area contributed by atoms with Crippen molar-refractivity contribution in [3.05, 3.63) is 63.1 Å². The molecule has 0 saturated heterocycles. The summed E-state index contributed by atoms with van der Waals surface area (Å²) in [7, 11) is 0. The molecular weight excluding hydrogens is 385 g/mol. The summed E-state index contributed by atoms with van der Waals surface area (Å²) in [5.74, 6) is -0.997. The molecule has 0 bridgehead atoms. The zero-order valence-electron chi connectivity index (χ0n) is 13.4. The molecule has 7 heteroatoms. The van der Waals surface area contributed by atoms with E-state index in [1.165, 1.54) is 12.1 Å². The average molecular weight is 401 g/mol. The Morgan fingerprint density at radius 2 is 1.68 bits per heavy atom. The maximum Gasteiger partial charge on any atom is 0.306 e. The van der Waals surface area contributed by atoms with Crippen LogP contribution in [-0.2, 0) is 14.3 Å². The number of carbonyl (C=O) groups excluding carboxylic acids is 2. The molecule has 0 aliphatic heterocycles. The van der Waals surface area contributed by atoms with Crippen LogP contribution in [0.5, 0.6) is 0 Å². The Bertz CT molecular complexity index is 742. The van der Waals surface area contributed by atoms with Crippen molar-refractivity contribution in [1.82, 2.24) is 0 Å². The lowest BCUT2D eigenvalue weighted by Crippen LogP contribution is -2.21. The van der Waals surface area contributed by atoms with Gasteiger partial charge in [-0.25, -0.2) is 0 Å². The number of ether oxygens (including phenoxy) is 1. The second kappa shape index (κ2) is 9.09. The van der Waals surface area contributed by atoms with E-state index >= 15 is 0 Å². The van der Waals surface area contributed by atoms with E-state index < -0.39 is 18.5 Å². The van der Waals surface area contributed by atoms with Crippen molar-refractivity contribution < 1.29 is 14.3 Å². The maximum absolute atomic E-state index is 11.9. The Morgan fingerprint density at radius 1 is 1.08 bits per heavy atom. The Balaban J connectivity index is 1.85. The highest BCUT2D eigenvalue weighted by Crippen LogP contribution is 2.33. The molecule has 1 atom stereocenters. The number of carbonyl (C=O) groups is 2. The maximum atomic E-state index is 11.9. The van der Waals surface area contributed by atoms with Gasteiger partial charge in [0, 0.05) is 5.02 Å². The minimum absolute atomic E-state index is 0.00286. The number of hydrogen-bond acceptors (Lipinski definition) is 3. The standard InChI is InChI=1S/C18H16Cl3NO3/c1-11(12-5-3-2-4-6-12)7-17(24)25-10-16(23)22-18-14(20)8-13(19)9-15(18)21/h2-6,8-9,11H,7,10H2,1H3,(H,22,23). The van der Waals surface area contributed by atoms with Gasteiger partial charge < -0.3 is 10.1 Å². The molecule has 0 fully saturated rings. The minimum Gasteiger partial charge on any atom is -0.456 e. The second-order valence-corrected chi connectivity index (χ2v) is 6.72. The number of hydrogen-bond donors (Lipinski definition) is 1. The molecule has 132 valence electrons. The van der Waals surface area contributed by atoms with Gasteiger partial charge in [0.1, 0.15) is 0 Å². The summed E-state index contributed by atoms with van der Waals surface area (Å²) in [4.78, 5) is 23.8. The van der Waals surface area contributed by atoms with Gasteiger partial charge in [0.15, 0.2) is 6.61 Å². The van der Waals surface area contributed by atoms with E-state index in [2.05, 4.69) is 5.32 Å². The van der Waals surface area contributed by atoms with Crippen LogP contribution in [-0.4, -0.2) is 18.5 Å². The number of halogens is 3. The number of esters is 1. The quantitative estimate of drug-likeness (QED) is 0.667. The SMILES string of the molecule is CC(CC(=O)OCC(=O)Nc1c(Cl)cc(Cl)cc1Cl)c1ccccc1. The number of rotatable bonds is 6. The first kappa shape index (κ1) is 19.6. The third kappa shape index (κ3) is 5.92. The molecule has 4 nitrogen and oxygen atoms in total. The Labute approximate surface area is 161 Å². The molecule has 1 unspecified atom stereocenters. The van der Waals surface area contributed by atoms with Crippen molar-refractivity contribution in [3.63, 3.8) is 0 Å². The van der Waals surface area contributed by atoms with Crippen LogP contribution in [0.4, 0.5) is 5.69 Å². The smallest absolute Gasteiger partial charge is 0.306 e. The molecule has 0 aliphatic carbocycles. The van der Waals surface area contributed by atoms with E-state index in [0.717, 1.165) is 5.56 Å². The number of nitrogens with one attached hydrogen (secondary N) is 1. The largest absolute Gasteiger partial charge is 0.456 e. The van der Waals surface area contributed by atoms with E-state index in [4.69, 9.17) is 39.5 Å². The van der Waals surface area contributed by atoms with Gasteiger partial charge in [0.25, 0.3) is 5.91 Å². The third-order valence-corrected chi connectivity index (χ3v) is 4.29. The summed E-state index contributed by atoms with van der Waals surface area (Å²) in [6, 6.07) is 12.5. The van der Waals surface area contributed by atoms with Crippen LogP contribution in [0.3, 0.4) is 0 Å². The van der Waals surface area contributed by atoms with Crippen LogP contribution < -0.4 is 5.32 Å². The molecular formula is C18H16Cl3NO3. The van der Waals surface area contributed by atoms with Gasteiger partial charge in [-0.15, -0.1) is 0 Å². The van der Waals surface area contributed by atoms with E-state index in [1.807, 2.05) is 37.3 Å². The van der Waals surface area contributed by atoms with Crippen LogP contribution in [0.1, 0.15) is 24.8 Å². The lowest BCUT2D eigenvalue weighted by molar-refractivity contribution is -0.147. The van der Waals surface area contributed by atoms with Crippen molar-refractivity contribution in [2.75, 3.05) is 11.9 Å².